The molecular formula is C10H11N3. The molecule has 66 valence electrons. The molecule has 1 heterocycles. The quantitative estimate of drug-likeness (QED) is 0.605. The van der Waals surface area contributed by atoms with Crippen molar-refractivity contribution in [3.8, 4) is 12.3 Å². The summed E-state index contributed by atoms with van der Waals surface area (Å²) in [6, 6.07) is 0. The maximum atomic E-state index is 5.65. The van der Waals surface area contributed by atoms with Crippen LogP contribution in [-0.4, -0.2) is 0 Å². The van der Waals surface area contributed by atoms with Crippen molar-refractivity contribution in [2.75, 3.05) is 0 Å². The van der Waals surface area contributed by atoms with Crippen molar-refractivity contribution in [2.45, 2.75) is 6.92 Å². The molecule has 0 aromatic rings. The van der Waals surface area contributed by atoms with Crippen LogP contribution in [0.15, 0.2) is 46.1 Å². The molecule has 2 N–H and O–H groups in total. The molecule has 1 atom stereocenters. The lowest BCUT2D eigenvalue weighted by Gasteiger charge is -2.12. The predicted molar refractivity (Wildman–Crippen MR) is 52.3 cm³/mol. The van der Waals surface area contributed by atoms with E-state index in [1.807, 2.05) is 25.2 Å². The van der Waals surface area contributed by atoms with Gasteiger partial charge in [-0.25, -0.2) is 0 Å². The molecule has 0 spiro atoms. The fourth-order valence-electron chi connectivity index (χ4n) is 0.971. The highest BCUT2D eigenvalue weighted by Crippen LogP contribution is 2.22. The van der Waals surface area contributed by atoms with Gasteiger partial charge in [-0.2, -0.15) is 10.2 Å². The highest BCUT2D eigenvalue weighted by molar-refractivity contribution is 5.31. The number of azo groups is 1. The minimum atomic E-state index is -0.242. The fraction of sp³-hybridized carbons (Fsp3) is 0.200. The van der Waals surface area contributed by atoms with Crippen molar-refractivity contribution >= 4 is 0 Å². The lowest BCUT2D eigenvalue weighted by molar-refractivity contribution is 0.820. The van der Waals surface area contributed by atoms with E-state index in [1.54, 1.807) is 0 Å². The van der Waals surface area contributed by atoms with E-state index >= 15 is 0 Å². The molecule has 0 radical (unpaired) electrons. The number of nitrogens with zero attached hydrogens (tertiary/aromatic N) is 2. The van der Waals surface area contributed by atoms with Crippen LogP contribution in [0.1, 0.15) is 6.92 Å². The largest absolute Gasteiger partial charge is 0.399 e. The van der Waals surface area contributed by atoms with E-state index in [0.717, 1.165) is 0 Å². The van der Waals surface area contributed by atoms with Gasteiger partial charge < -0.3 is 5.73 Å². The number of hydrogen-bond donors (Lipinski definition) is 1. The van der Waals surface area contributed by atoms with E-state index in [0.29, 0.717) is 11.4 Å². The second-order valence-electron chi connectivity index (χ2n) is 2.56. The van der Waals surface area contributed by atoms with Crippen LogP contribution < -0.4 is 5.73 Å². The normalized spacial score (nSPS) is 24.8. The minimum Gasteiger partial charge on any atom is -0.399 e. The van der Waals surface area contributed by atoms with Crippen molar-refractivity contribution in [1.29, 1.82) is 0 Å². The van der Waals surface area contributed by atoms with E-state index < -0.39 is 0 Å². The zero-order valence-corrected chi connectivity index (χ0v) is 7.44. The van der Waals surface area contributed by atoms with Crippen LogP contribution in [0.3, 0.4) is 0 Å². The van der Waals surface area contributed by atoms with E-state index in [9.17, 15) is 0 Å². The molecule has 1 rings (SSSR count). The van der Waals surface area contributed by atoms with Crippen molar-refractivity contribution < 1.29 is 0 Å². The average molecular weight is 173 g/mol. The van der Waals surface area contributed by atoms with Crippen molar-refractivity contribution in [2.24, 2.45) is 21.9 Å². The van der Waals surface area contributed by atoms with Gasteiger partial charge in [0, 0.05) is 0 Å². The van der Waals surface area contributed by atoms with Crippen LogP contribution >= 0.6 is 0 Å². The molecule has 0 aliphatic carbocycles. The highest BCUT2D eigenvalue weighted by atomic mass is 15.1. The number of terminal acetylenes is 1. The zero-order chi connectivity index (χ0) is 9.68. The second kappa shape index (κ2) is 4.27. The first-order chi connectivity index (χ1) is 6.29. The van der Waals surface area contributed by atoms with Gasteiger partial charge in [0.1, 0.15) is 5.92 Å². The average Bonchev–Trinajstić information content (AvgIpc) is 2.15. The van der Waals surface area contributed by atoms with E-state index in [2.05, 4.69) is 16.1 Å². The van der Waals surface area contributed by atoms with Gasteiger partial charge >= 0.3 is 0 Å². The molecule has 0 aromatic heterocycles. The van der Waals surface area contributed by atoms with Gasteiger partial charge in [0.25, 0.3) is 0 Å². The first-order valence-corrected chi connectivity index (χ1v) is 3.95. The Morgan fingerprint density at radius 2 is 2.46 bits per heavy atom. The lowest BCUT2D eigenvalue weighted by Crippen LogP contribution is -2.13. The van der Waals surface area contributed by atoms with Gasteiger partial charge in [0.15, 0.2) is 0 Å². The first kappa shape index (κ1) is 9.27. The Bertz CT molecular complexity index is 340. The maximum absolute atomic E-state index is 5.65. The second-order valence-corrected chi connectivity index (χ2v) is 2.56. The van der Waals surface area contributed by atoms with Crippen LogP contribution in [0.4, 0.5) is 0 Å². The van der Waals surface area contributed by atoms with Crippen molar-refractivity contribution in [1.82, 2.24) is 0 Å². The molecule has 1 aliphatic heterocycles. The standard InChI is InChI=1S/C10H11N3/c1-3-5-6-10-8(4-2)9(11)7-12-13-10/h2-3,5-8H,11H2,1H3/b5-3-,10-6+. The summed E-state index contributed by atoms with van der Waals surface area (Å²) in [5.41, 5.74) is 6.92. The fourth-order valence-corrected chi connectivity index (χ4v) is 0.971. The molecule has 1 unspecified atom stereocenters. The number of rotatable bonds is 1. The molecule has 3 nitrogen and oxygen atoms in total. The van der Waals surface area contributed by atoms with Crippen molar-refractivity contribution in [3.63, 3.8) is 0 Å². The van der Waals surface area contributed by atoms with Crippen LogP contribution in [-0.2, 0) is 0 Å². The molecule has 0 amide bonds. The summed E-state index contributed by atoms with van der Waals surface area (Å²) >= 11 is 0. The highest BCUT2D eigenvalue weighted by Gasteiger charge is 2.16. The molecule has 0 bridgehead atoms. The summed E-state index contributed by atoms with van der Waals surface area (Å²) in [6.45, 7) is 1.92. The van der Waals surface area contributed by atoms with Gasteiger partial charge in [-0.05, 0) is 13.0 Å². The third-order valence-electron chi connectivity index (χ3n) is 1.64. The van der Waals surface area contributed by atoms with Gasteiger partial charge in [0.2, 0.25) is 0 Å². The molecular weight excluding hydrogens is 162 g/mol. The third kappa shape index (κ3) is 2.06. The van der Waals surface area contributed by atoms with Gasteiger partial charge in [-0.15, -0.1) is 6.42 Å². The summed E-state index contributed by atoms with van der Waals surface area (Å²) in [6.07, 6.45) is 12.4. The van der Waals surface area contributed by atoms with Crippen molar-refractivity contribution in [3.05, 3.63) is 35.8 Å². The monoisotopic (exact) mass is 173 g/mol. The Balaban J connectivity index is 2.95. The zero-order valence-electron chi connectivity index (χ0n) is 7.44. The molecule has 0 fully saturated rings. The molecule has 1 aliphatic rings. The Kier molecular flexibility index (Phi) is 3.04. The predicted octanol–water partition coefficient (Wildman–Crippen LogP) is 1.96. The molecule has 0 saturated carbocycles. The summed E-state index contributed by atoms with van der Waals surface area (Å²) in [5.74, 6) is 2.32. The number of nitrogens with two attached hydrogens (primary N) is 1. The van der Waals surface area contributed by atoms with Crippen LogP contribution in [0.25, 0.3) is 0 Å². The summed E-state index contributed by atoms with van der Waals surface area (Å²) < 4.78 is 0. The molecule has 3 heteroatoms. The van der Waals surface area contributed by atoms with E-state index in [1.165, 1.54) is 6.20 Å². The lowest BCUT2D eigenvalue weighted by atomic mass is 10.0. The Morgan fingerprint density at radius 3 is 3.08 bits per heavy atom. The van der Waals surface area contributed by atoms with Gasteiger partial charge in [-0.1, -0.05) is 18.1 Å². The number of hydrogen-bond acceptors (Lipinski definition) is 3. The van der Waals surface area contributed by atoms with Gasteiger partial charge in [0.05, 0.1) is 17.6 Å². The van der Waals surface area contributed by atoms with Crippen LogP contribution in [0.2, 0.25) is 0 Å². The topological polar surface area (TPSA) is 50.7 Å². The number of allylic oxidation sites excluding steroid dienone is 3. The maximum Gasteiger partial charge on any atom is 0.105 e. The molecule has 13 heavy (non-hydrogen) atoms. The third-order valence-corrected chi connectivity index (χ3v) is 1.64. The van der Waals surface area contributed by atoms with E-state index in [-0.39, 0.29) is 5.92 Å². The van der Waals surface area contributed by atoms with Gasteiger partial charge in [-0.3, -0.25) is 0 Å². The summed E-state index contributed by atoms with van der Waals surface area (Å²) in [7, 11) is 0. The van der Waals surface area contributed by atoms with Crippen LogP contribution in [0, 0.1) is 18.3 Å². The smallest absolute Gasteiger partial charge is 0.105 e. The Hall–Kier alpha value is -1.82. The molecule has 0 aromatic carbocycles. The van der Waals surface area contributed by atoms with E-state index in [4.69, 9.17) is 12.2 Å². The first-order valence-electron chi connectivity index (χ1n) is 3.95. The Morgan fingerprint density at radius 1 is 1.69 bits per heavy atom. The molecule has 0 saturated heterocycles. The Labute approximate surface area is 77.7 Å². The SMILES string of the molecule is C#CC1C(N)=CN=N/C1=C/C=C\C. The van der Waals surface area contributed by atoms with Crippen LogP contribution in [0.5, 0.6) is 0 Å². The summed E-state index contributed by atoms with van der Waals surface area (Å²) in [5, 5.41) is 7.64. The summed E-state index contributed by atoms with van der Waals surface area (Å²) in [4.78, 5) is 0. The minimum absolute atomic E-state index is 0.242.